The smallest absolute Gasteiger partial charge is 0.173 e. The molecule has 0 radical (unpaired) electrons. The molecule has 5 nitrogen and oxygen atoms in total. The molecule has 142 valence electrons. The van der Waals surface area contributed by atoms with Crippen LogP contribution in [-0.4, -0.2) is 36.6 Å². The van der Waals surface area contributed by atoms with Gasteiger partial charge in [0.2, 0.25) is 0 Å². The van der Waals surface area contributed by atoms with Gasteiger partial charge in [0.15, 0.2) is 16.6 Å². The zero-order chi connectivity index (χ0) is 19.6. The molecule has 1 aliphatic rings. The number of ketones is 1. The predicted molar refractivity (Wildman–Crippen MR) is 108 cm³/mol. The zero-order valence-electron chi connectivity index (χ0n) is 15.4. The van der Waals surface area contributed by atoms with E-state index in [9.17, 15) is 4.79 Å². The quantitative estimate of drug-likeness (QED) is 0.688. The summed E-state index contributed by atoms with van der Waals surface area (Å²) in [6, 6.07) is 1.18. The summed E-state index contributed by atoms with van der Waals surface area (Å²) in [6.45, 7) is 6.21. The second-order valence-corrected chi connectivity index (χ2v) is 7.09. The van der Waals surface area contributed by atoms with Gasteiger partial charge in [0.05, 0.1) is 25.3 Å². The minimum Gasteiger partial charge on any atom is -0.495 e. The fraction of sp³-hybridized carbons (Fsp3) is 0.444. The maximum absolute atomic E-state index is 12.4. The van der Waals surface area contributed by atoms with Gasteiger partial charge in [-0.2, -0.15) is 0 Å². The van der Waals surface area contributed by atoms with Crippen molar-refractivity contribution in [3.05, 3.63) is 32.9 Å². The number of nitrogens with one attached hydrogen (secondary N) is 1. The van der Waals surface area contributed by atoms with Gasteiger partial charge in [-0.15, -0.1) is 0 Å². The average Bonchev–Trinajstić information content (AvgIpc) is 2.57. The van der Waals surface area contributed by atoms with Crippen molar-refractivity contribution in [2.24, 2.45) is 0 Å². The SMILES string of the molecule is CCCN1C(=S)NC(c2cc(Cl)c(OC)c(Cl)c2OC)C(C(C)=O)=C1C. The largest absolute Gasteiger partial charge is 0.495 e. The van der Waals surface area contributed by atoms with E-state index >= 15 is 0 Å². The minimum atomic E-state index is -0.510. The number of benzene rings is 1. The molecule has 1 aromatic carbocycles. The molecule has 0 aromatic heterocycles. The van der Waals surface area contributed by atoms with Crippen LogP contribution in [0.25, 0.3) is 0 Å². The Morgan fingerprint density at radius 2 is 1.92 bits per heavy atom. The average molecular weight is 417 g/mol. The molecule has 0 bridgehead atoms. The molecule has 0 saturated carbocycles. The van der Waals surface area contributed by atoms with E-state index in [-0.39, 0.29) is 10.8 Å². The molecule has 1 aromatic rings. The maximum Gasteiger partial charge on any atom is 0.173 e. The van der Waals surface area contributed by atoms with Crippen molar-refractivity contribution < 1.29 is 14.3 Å². The molecule has 0 spiro atoms. The lowest BCUT2D eigenvalue weighted by atomic mass is 9.91. The van der Waals surface area contributed by atoms with E-state index in [1.165, 1.54) is 21.1 Å². The summed E-state index contributed by atoms with van der Waals surface area (Å²) in [7, 11) is 2.99. The lowest BCUT2D eigenvalue weighted by molar-refractivity contribution is -0.114. The monoisotopic (exact) mass is 416 g/mol. The van der Waals surface area contributed by atoms with Crippen molar-refractivity contribution in [3.63, 3.8) is 0 Å². The van der Waals surface area contributed by atoms with Crippen molar-refractivity contribution in [1.29, 1.82) is 0 Å². The highest BCUT2D eigenvalue weighted by atomic mass is 35.5. The zero-order valence-corrected chi connectivity index (χ0v) is 17.7. The van der Waals surface area contributed by atoms with E-state index in [2.05, 4.69) is 12.2 Å². The van der Waals surface area contributed by atoms with Crippen LogP contribution in [-0.2, 0) is 4.79 Å². The molecule has 1 heterocycles. The second-order valence-electron chi connectivity index (χ2n) is 5.92. The highest BCUT2D eigenvalue weighted by Crippen LogP contribution is 2.46. The van der Waals surface area contributed by atoms with Gasteiger partial charge < -0.3 is 19.7 Å². The summed E-state index contributed by atoms with van der Waals surface area (Å²) in [4.78, 5) is 14.4. The fourth-order valence-electron chi connectivity index (χ4n) is 3.18. The number of thiocarbonyl (C=S) groups is 1. The van der Waals surface area contributed by atoms with Crippen LogP contribution in [0.5, 0.6) is 11.5 Å². The van der Waals surface area contributed by atoms with Crippen LogP contribution in [0.2, 0.25) is 10.0 Å². The molecule has 1 atom stereocenters. The Bertz CT molecular complexity index is 780. The normalized spacial score (nSPS) is 17.3. The number of halogens is 2. The summed E-state index contributed by atoms with van der Waals surface area (Å²) in [5.41, 5.74) is 2.05. The number of ether oxygens (including phenoxy) is 2. The van der Waals surface area contributed by atoms with Crippen LogP contribution in [0.4, 0.5) is 0 Å². The Labute approximate surface area is 169 Å². The van der Waals surface area contributed by atoms with E-state index in [4.69, 9.17) is 44.9 Å². The van der Waals surface area contributed by atoms with Gasteiger partial charge in [0.1, 0.15) is 10.8 Å². The number of carbonyl (C=O) groups is 1. The van der Waals surface area contributed by atoms with Crippen LogP contribution in [0.3, 0.4) is 0 Å². The number of Topliss-reactive ketones (excluding diaryl/α,β-unsaturated/α-hetero) is 1. The van der Waals surface area contributed by atoms with E-state index in [1.54, 1.807) is 6.07 Å². The third kappa shape index (κ3) is 3.63. The molecule has 0 amide bonds. The van der Waals surface area contributed by atoms with Gasteiger partial charge in [-0.1, -0.05) is 30.1 Å². The Morgan fingerprint density at radius 1 is 1.31 bits per heavy atom. The second kappa shape index (κ2) is 8.46. The number of allylic oxidation sites excluding steroid dienone is 1. The van der Waals surface area contributed by atoms with Gasteiger partial charge in [-0.05, 0) is 38.6 Å². The number of carbonyl (C=O) groups excluding carboxylic acids is 1. The van der Waals surface area contributed by atoms with E-state index in [1.807, 2.05) is 11.8 Å². The third-order valence-electron chi connectivity index (χ3n) is 4.30. The number of rotatable bonds is 6. The van der Waals surface area contributed by atoms with Crippen molar-refractivity contribution >= 4 is 46.3 Å². The van der Waals surface area contributed by atoms with Crippen LogP contribution >= 0.6 is 35.4 Å². The number of hydrogen-bond donors (Lipinski definition) is 1. The van der Waals surface area contributed by atoms with Gasteiger partial charge in [-0.25, -0.2) is 0 Å². The highest BCUT2D eigenvalue weighted by molar-refractivity contribution is 7.80. The fourth-order valence-corrected chi connectivity index (χ4v) is 4.22. The van der Waals surface area contributed by atoms with Crippen molar-refractivity contribution in [3.8, 4) is 11.5 Å². The molecular weight excluding hydrogens is 395 g/mol. The van der Waals surface area contributed by atoms with Crippen molar-refractivity contribution in [1.82, 2.24) is 10.2 Å². The Morgan fingerprint density at radius 3 is 2.42 bits per heavy atom. The molecule has 0 saturated heterocycles. The van der Waals surface area contributed by atoms with Crippen LogP contribution in [0.1, 0.15) is 38.8 Å². The first kappa shape index (κ1) is 20.8. The molecule has 0 fully saturated rings. The van der Waals surface area contributed by atoms with Gasteiger partial charge in [0.25, 0.3) is 0 Å². The molecule has 1 unspecified atom stereocenters. The molecule has 26 heavy (non-hydrogen) atoms. The van der Waals surface area contributed by atoms with E-state index < -0.39 is 6.04 Å². The van der Waals surface area contributed by atoms with Crippen LogP contribution < -0.4 is 14.8 Å². The number of hydrogen-bond acceptors (Lipinski definition) is 4. The summed E-state index contributed by atoms with van der Waals surface area (Å²) >= 11 is 18.3. The summed E-state index contributed by atoms with van der Waals surface area (Å²) in [5.74, 6) is 0.655. The third-order valence-corrected chi connectivity index (χ3v) is 5.26. The lowest BCUT2D eigenvalue weighted by Gasteiger charge is -2.38. The minimum absolute atomic E-state index is 0.0614. The van der Waals surface area contributed by atoms with Crippen LogP contribution in [0, 0.1) is 0 Å². The van der Waals surface area contributed by atoms with Crippen LogP contribution in [0.15, 0.2) is 17.3 Å². The standard InChI is InChI=1S/C18H22Cl2N2O3S/c1-6-7-22-9(2)13(10(3)23)15(21-18(22)26)11-8-12(19)17(25-5)14(20)16(11)24-4/h8,15H,6-7H2,1-5H3,(H,21,26). The topological polar surface area (TPSA) is 50.8 Å². The number of methoxy groups -OCH3 is 2. The van der Waals surface area contributed by atoms with E-state index in [0.29, 0.717) is 32.8 Å². The molecule has 8 heteroatoms. The molecular formula is C18H22Cl2N2O3S. The predicted octanol–water partition coefficient (Wildman–Crippen LogP) is 4.51. The molecule has 0 aliphatic carbocycles. The van der Waals surface area contributed by atoms with Crippen molar-refractivity contribution in [2.45, 2.75) is 33.2 Å². The number of nitrogens with zero attached hydrogens (tertiary/aromatic N) is 1. The Kier molecular flexibility index (Phi) is 6.77. The van der Waals surface area contributed by atoms with Gasteiger partial charge in [-0.3, -0.25) is 4.79 Å². The maximum atomic E-state index is 12.4. The summed E-state index contributed by atoms with van der Waals surface area (Å²) < 4.78 is 10.7. The molecule has 1 aliphatic heterocycles. The molecule has 1 N–H and O–H groups in total. The summed E-state index contributed by atoms with van der Waals surface area (Å²) in [5, 5.41) is 4.37. The molecule has 2 rings (SSSR count). The van der Waals surface area contributed by atoms with Crippen molar-refractivity contribution in [2.75, 3.05) is 20.8 Å². The summed E-state index contributed by atoms with van der Waals surface area (Å²) in [6.07, 6.45) is 0.901. The Hall–Kier alpha value is -1.50. The lowest BCUT2D eigenvalue weighted by Crippen LogP contribution is -2.47. The van der Waals surface area contributed by atoms with Gasteiger partial charge in [0, 0.05) is 23.4 Å². The Balaban J connectivity index is 2.71. The first-order chi connectivity index (χ1) is 12.3. The highest BCUT2D eigenvalue weighted by Gasteiger charge is 2.35. The first-order valence-electron chi connectivity index (χ1n) is 8.17. The van der Waals surface area contributed by atoms with E-state index in [0.717, 1.165) is 18.7 Å². The van der Waals surface area contributed by atoms with Gasteiger partial charge >= 0.3 is 0 Å². The first-order valence-corrected chi connectivity index (χ1v) is 9.34.